The molecule has 0 aromatic rings. The van der Waals surface area contributed by atoms with Crippen LogP contribution in [0.15, 0.2) is 0 Å². The van der Waals surface area contributed by atoms with Crippen LogP contribution in [0.1, 0.15) is 26.2 Å². The third kappa shape index (κ3) is 7.03. The molecule has 0 saturated carbocycles. The lowest BCUT2D eigenvalue weighted by atomic mass is 10.2. The van der Waals surface area contributed by atoms with Crippen molar-refractivity contribution in [3.8, 4) is 6.07 Å². The van der Waals surface area contributed by atoms with Crippen molar-refractivity contribution in [2.75, 3.05) is 6.54 Å². The van der Waals surface area contributed by atoms with Gasteiger partial charge in [-0.3, -0.25) is 4.79 Å². The predicted molar refractivity (Wildman–Crippen MR) is 44.2 cm³/mol. The van der Waals surface area contributed by atoms with E-state index < -0.39 is 0 Å². The number of aliphatic hydroxyl groups excluding tert-OH is 1. The Labute approximate surface area is 72.2 Å². The van der Waals surface area contributed by atoms with Crippen molar-refractivity contribution in [2.24, 2.45) is 0 Å². The number of aliphatic hydroxyl groups is 1. The van der Waals surface area contributed by atoms with Crippen molar-refractivity contribution >= 4 is 5.91 Å². The number of carbonyl (C=O) groups is 1. The van der Waals surface area contributed by atoms with Gasteiger partial charge in [0.15, 0.2) is 0 Å². The monoisotopic (exact) mass is 170 g/mol. The Morgan fingerprint density at radius 2 is 2.42 bits per heavy atom. The highest BCUT2D eigenvalue weighted by molar-refractivity contribution is 5.77. The third-order valence-corrected chi connectivity index (χ3v) is 1.36. The molecule has 0 aliphatic heterocycles. The molecule has 1 amide bonds. The van der Waals surface area contributed by atoms with Gasteiger partial charge < -0.3 is 10.4 Å². The maximum atomic E-state index is 10.7. The van der Waals surface area contributed by atoms with E-state index in [0.717, 1.165) is 6.42 Å². The highest BCUT2D eigenvalue weighted by atomic mass is 16.3. The van der Waals surface area contributed by atoms with E-state index in [2.05, 4.69) is 5.32 Å². The number of carbonyl (C=O) groups excluding carboxylic acids is 1. The molecule has 0 spiro atoms. The van der Waals surface area contributed by atoms with Crippen LogP contribution in [0.25, 0.3) is 0 Å². The maximum absolute atomic E-state index is 10.7. The van der Waals surface area contributed by atoms with Gasteiger partial charge in [-0.25, -0.2) is 0 Å². The van der Waals surface area contributed by atoms with E-state index in [-0.39, 0.29) is 18.4 Å². The molecule has 0 rings (SSSR count). The Kier molecular flexibility index (Phi) is 6.02. The third-order valence-electron chi connectivity index (χ3n) is 1.36. The average molecular weight is 170 g/mol. The lowest BCUT2D eigenvalue weighted by Gasteiger charge is -2.04. The summed E-state index contributed by atoms with van der Waals surface area (Å²) < 4.78 is 0. The lowest BCUT2D eigenvalue weighted by molar-refractivity contribution is -0.120. The Bertz CT molecular complexity index is 172. The second-order valence-corrected chi connectivity index (χ2v) is 2.68. The summed E-state index contributed by atoms with van der Waals surface area (Å²) in [5, 5.41) is 19.6. The SMILES string of the molecule is CC(O)CCCNC(=O)CC#N. The van der Waals surface area contributed by atoms with Crippen LogP contribution in [0.5, 0.6) is 0 Å². The zero-order valence-electron chi connectivity index (χ0n) is 7.21. The van der Waals surface area contributed by atoms with Gasteiger partial charge in [0.25, 0.3) is 0 Å². The molecule has 12 heavy (non-hydrogen) atoms. The number of nitrogens with one attached hydrogen (secondary N) is 1. The molecule has 0 radical (unpaired) electrons. The van der Waals surface area contributed by atoms with Crippen LogP contribution < -0.4 is 5.32 Å². The molecule has 1 unspecified atom stereocenters. The fourth-order valence-electron chi connectivity index (χ4n) is 0.760. The highest BCUT2D eigenvalue weighted by Gasteiger charge is 1.99. The van der Waals surface area contributed by atoms with E-state index in [1.165, 1.54) is 0 Å². The normalized spacial score (nSPS) is 11.8. The first-order valence-electron chi connectivity index (χ1n) is 3.98. The molecule has 2 N–H and O–H groups in total. The summed E-state index contributed by atoms with van der Waals surface area (Å²) in [6.07, 6.45) is 1.01. The van der Waals surface area contributed by atoms with Gasteiger partial charge in [-0.1, -0.05) is 0 Å². The molecule has 0 bridgehead atoms. The smallest absolute Gasteiger partial charge is 0.234 e. The molecule has 1 atom stereocenters. The molecular weight excluding hydrogens is 156 g/mol. The van der Waals surface area contributed by atoms with Gasteiger partial charge in [0, 0.05) is 6.54 Å². The summed E-state index contributed by atoms with van der Waals surface area (Å²) in [7, 11) is 0. The number of hydrogen-bond acceptors (Lipinski definition) is 3. The summed E-state index contributed by atoms with van der Waals surface area (Å²) >= 11 is 0. The van der Waals surface area contributed by atoms with Crippen molar-refractivity contribution in [1.29, 1.82) is 5.26 Å². The van der Waals surface area contributed by atoms with E-state index >= 15 is 0 Å². The van der Waals surface area contributed by atoms with Gasteiger partial charge in [-0.05, 0) is 19.8 Å². The Hall–Kier alpha value is -1.08. The van der Waals surface area contributed by atoms with Gasteiger partial charge in [-0.2, -0.15) is 5.26 Å². The highest BCUT2D eigenvalue weighted by Crippen LogP contribution is 1.93. The van der Waals surface area contributed by atoms with E-state index in [4.69, 9.17) is 10.4 Å². The van der Waals surface area contributed by atoms with Crippen molar-refractivity contribution in [2.45, 2.75) is 32.3 Å². The van der Waals surface area contributed by atoms with Gasteiger partial charge in [0.1, 0.15) is 6.42 Å². The molecule has 0 aromatic heterocycles. The summed E-state index contributed by atoms with van der Waals surface area (Å²) in [6, 6.07) is 1.76. The molecule has 4 nitrogen and oxygen atoms in total. The molecule has 4 heteroatoms. The van der Waals surface area contributed by atoms with E-state index in [9.17, 15) is 4.79 Å². The fourth-order valence-corrected chi connectivity index (χ4v) is 0.760. The molecular formula is C8H14N2O2. The zero-order valence-corrected chi connectivity index (χ0v) is 7.21. The average Bonchev–Trinajstić information content (AvgIpc) is 1.98. The minimum absolute atomic E-state index is 0.0886. The van der Waals surface area contributed by atoms with E-state index in [1.807, 2.05) is 0 Å². The van der Waals surface area contributed by atoms with Crippen molar-refractivity contribution in [3.63, 3.8) is 0 Å². The van der Waals surface area contributed by atoms with Crippen LogP contribution in [0.3, 0.4) is 0 Å². The minimum atomic E-state index is -0.321. The number of nitrogens with zero attached hydrogens (tertiary/aromatic N) is 1. The van der Waals surface area contributed by atoms with Crippen LogP contribution in [0.4, 0.5) is 0 Å². The summed E-state index contributed by atoms with van der Waals surface area (Å²) in [5.74, 6) is -0.247. The Morgan fingerprint density at radius 3 is 2.92 bits per heavy atom. The van der Waals surface area contributed by atoms with E-state index in [1.54, 1.807) is 13.0 Å². The van der Waals surface area contributed by atoms with Crippen molar-refractivity contribution < 1.29 is 9.90 Å². The van der Waals surface area contributed by atoms with Crippen LogP contribution >= 0.6 is 0 Å². The van der Waals surface area contributed by atoms with Crippen molar-refractivity contribution in [1.82, 2.24) is 5.32 Å². The van der Waals surface area contributed by atoms with E-state index in [0.29, 0.717) is 13.0 Å². The minimum Gasteiger partial charge on any atom is -0.393 e. The van der Waals surface area contributed by atoms with Gasteiger partial charge in [0.05, 0.1) is 12.2 Å². The van der Waals surface area contributed by atoms with Crippen molar-refractivity contribution in [3.05, 3.63) is 0 Å². The van der Waals surface area contributed by atoms with Gasteiger partial charge in [-0.15, -0.1) is 0 Å². The van der Waals surface area contributed by atoms with Gasteiger partial charge in [0.2, 0.25) is 5.91 Å². The first-order chi connectivity index (χ1) is 5.66. The second-order valence-electron chi connectivity index (χ2n) is 2.68. The lowest BCUT2D eigenvalue weighted by Crippen LogP contribution is -2.24. The molecule has 0 aliphatic carbocycles. The predicted octanol–water partition coefficient (Wildman–Crippen LogP) is 0.177. The number of amides is 1. The van der Waals surface area contributed by atoms with Gasteiger partial charge >= 0.3 is 0 Å². The molecule has 0 aliphatic rings. The first-order valence-corrected chi connectivity index (χ1v) is 3.98. The summed E-state index contributed by atoms with van der Waals surface area (Å²) in [4.78, 5) is 10.7. The molecule has 68 valence electrons. The summed E-state index contributed by atoms with van der Waals surface area (Å²) in [6.45, 7) is 2.24. The van der Waals surface area contributed by atoms with Crippen LogP contribution in [0, 0.1) is 11.3 Å². The number of hydrogen-bond donors (Lipinski definition) is 2. The van der Waals surface area contributed by atoms with Crippen LogP contribution in [-0.4, -0.2) is 23.7 Å². The zero-order chi connectivity index (χ0) is 9.40. The largest absolute Gasteiger partial charge is 0.393 e. The standard InChI is InChI=1S/C8H14N2O2/c1-7(11)3-2-6-10-8(12)4-5-9/h7,11H,2-4,6H2,1H3,(H,10,12). The van der Waals surface area contributed by atoms with Crippen LogP contribution in [0.2, 0.25) is 0 Å². The molecule has 0 heterocycles. The topological polar surface area (TPSA) is 73.1 Å². The Morgan fingerprint density at radius 1 is 1.75 bits per heavy atom. The molecule has 0 aromatic carbocycles. The maximum Gasteiger partial charge on any atom is 0.234 e. The summed E-state index contributed by atoms with van der Waals surface area (Å²) in [5.41, 5.74) is 0. The molecule has 0 saturated heterocycles. The molecule has 0 fully saturated rings. The second kappa shape index (κ2) is 6.62. The first kappa shape index (κ1) is 10.9. The number of nitriles is 1. The quantitative estimate of drug-likeness (QED) is 0.578. The number of rotatable bonds is 5. The fraction of sp³-hybridized carbons (Fsp3) is 0.750. The van der Waals surface area contributed by atoms with Crippen LogP contribution in [-0.2, 0) is 4.79 Å². The Balaban J connectivity index is 3.21.